The summed E-state index contributed by atoms with van der Waals surface area (Å²) in [6, 6.07) is 44.8. The van der Waals surface area contributed by atoms with E-state index in [1.165, 1.54) is 61.1 Å². The number of nitrogens with zero attached hydrogens (tertiary/aromatic N) is 2. The zero-order valence-corrected chi connectivity index (χ0v) is 33.6. The van der Waals surface area contributed by atoms with Crippen molar-refractivity contribution in [2.45, 2.75) is 44.8 Å². The highest BCUT2D eigenvalue weighted by Crippen LogP contribution is 2.51. The van der Waals surface area contributed by atoms with E-state index >= 15 is 0 Å². The maximum Gasteiger partial charge on any atom is 0.143 e. The van der Waals surface area contributed by atoms with E-state index in [9.17, 15) is 0 Å². The van der Waals surface area contributed by atoms with Crippen molar-refractivity contribution in [3.8, 4) is 16.9 Å². The molecule has 0 saturated carbocycles. The smallest absolute Gasteiger partial charge is 0.143 e. The first-order chi connectivity index (χ1) is 28.2. The topological polar surface area (TPSA) is 15.7 Å². The molecule has 0 saturated heterocycles. The Morgan fingerprint density at radius 3 is 2.26 bits per heavy atom. The van der Waals surface area contributed by atoms with Gasteiger partial charge in [-0.1, -0.05) is 160 Å². The van der Waals surface area contributed by atoms with E-state index in [1.54, 1.807) is 0 Å². The van der Waals surface area contributed by atoms with E-state index in [1.807, 2.05) is 0 Å². The molecule has 0 spiro atoms. The van der Waals surface area contributed by atoms with Crippen molar-refractivity contribution in [1.82, 2.24) is 0 Å². The average Bonchev–Trinajstić information content (AvgIpc) is 3.38. The van der Waals surface area contributed by atoms with Gasteiger partial charge in [-0.05, 0) is 104 Å². The van der Waals surface area contributed by atoms with Crippen molar-refractivity contribution in [2.75, 3.05) is 16.8 Å². The van der Waals surface area contributed by atoms with Crippen LogP contribution in [0.1, 0.15) is 55.0 Å². The van der Waals surface area contributed by atoms with Crippen molar-refractivity contribution >= 4 is 51.8 Å². The summed E-state index contributed by atoms with van der Waals surface area (Å²) in [5.74, 6) is 0.893. The summed E-state index contributed by atoms with van der Waals surface area (Å²) < 4.78 is 6.47. The molecule has 4 aliphatic rings. The SMILES string of the molecule is CN(c1ccc2c(c1)C(C)(C)c1cc(/C=C/c3ccc4cc(N5c6ccccc6C=CC6(C)C=CC=CC56)ccc4c3)ccc1-2)c1ccccc1OC1C=CC=CC1. The third-order valence-corrected chi connectivity index (χ3v) is 12.7. The molecule has 1 heterocycles. The highest BCUT2D eigenvalue weighted by atomic mass is 16.5. The van der Waals surface area contributed by atoms with Crippen LogP contribution in [0.15, 0.2) is 176 Å². The predicted octanol–water partition coefficient (Wildman–Crippen LogP) is 14.0. The normalized spacial score (nSPS) is 20.8. The molecule has 3 nitrogen and oxygen atoms in total. The fourth-order valence-electron chi connectivity index (χ4n) is 9.36. The Morgan fingerprint density at radius 2 is 1.40 bits per heavy atom. The van der Waals surface area contributed by atoms with Crippen LogP contribution in [0.5, 0.6) is 5.75 Å². The van der Waals surface area contributed by atoms with Gasteiger partial charge in [-0.2, -0.15) is 0 Å². The van der Waals surface area contributed by atoms with E-state index in [2.05, 4.69) is 232 Å². The molecular weight excluding hydrogens is 705 g/mol. The number of fused-ring (bicyclic) bond motifs is 6. The van der Waals surface area contributed by atoms with Crippen LogP contribution in [0.25, 0.3) is 40.1 Å². The molecule has 6 aromatic rings. The molecule has 0 fully saturated rings. The minimum atomic E-state index is -0.146. The number of benzene rings is 6. The van der Waals surface area contributed by atoms with Crippen LogP contribution in [-0.2, 0) is 5.41 Å². The van der Waals surface area contributed by atoms with Gasteiger partial charge in [-0.25, -0.2) is 0 Å². The molecule has 3 heteroatoms. The van der Waals surface area contributed by atoms with Gasteiger partial charge in [0.2, 0.25) is 0 Å². The molecule has 58 heavy (non-hydrogen) atoms. The molecule has 3 aliphatic carbocycles. The summed E-state index contributed by atoms with van der Waals surface area (Å²) in [4.78, 5) is 4.76. The standard InChI is InChI=1S/C55H48N2O/c1-54(2)48-35-39(24-29-46(48)47-30-28-43(37-49(47)54)56(4)51-18-10-11-19-52(51)58-45-15-6-5-7-16-45)22-21-38-23-25-42-36-44(27-26-41(42)34-38)57-50-17-9-8-14-40(50)31-33-55(3)32-13-12-20-53(55)57/h5-15,17-37,45,53H,16H2,1-4H3/b22-21+. The number of rotatable bonds is 7. The monoisotopic (exact) mass is 752 g/mol. The lowest BCUT2D eigenvalue weighted by molar-refractivity contribution is 0.252. The fraction of sp³-hybridized carbons (Fsp3) is 0.164. The second-order valence-electron chi connectivity index (χ2n) is 16.8. The molecule has 0 amide bonds. The number of anilines is 4. The molecule has 0 aromatic heterocycles. The zero-order chi connectivity index (χ0) is 39.4. The molecule has 0 bridgehead atoms. The van der Waals surface area contributed by atoms with Crippen LogP contribution in [0.2, 0.25) is 0 Å². The number of ether oxygens (including phenoxy) is 1. The zero-order valence-electron chi connectivity index (χ0n) is 33.6. The summed E-state index contributed by atoms with van der Waals surface area (Å²) in [7, 11) is 2.14. The second-order valence-corrected chi connectivity index (χ2v) is 16.8. The van der Waals surface area contributed by atoms with Crippen molar-refractivity contribution in [3.05, 3.63) is 204 Å². The lowest BCUT2D eigenvalue weighted by Crippen LogP contribution is -2.41. The molecule has 1 aliphatic heterocycles. The summed E-state index contributed by atoms with van der Waals surface area (Å²) in [6.45, 7) is 7.04. The second kappa shape index (κ2) is 14.1. The molecule has 0 N–H and O–H groups in total. The summed E-state index contributed by atoms with van der Waals surface area (Å²) in [6.07, 6.45) is 27.5. The van der Waals surface area contributed by atoms with E-state index < -0.39 is 0 Å². The first kappa shape index (κ1) is 35.8. The Balaban J connectivity index is 0.899. The third kappa shape index (κ3) is 6.23. The molecule has 284 valence electrons. The van der Waals surface area contributed by atoms with E-state index in [0.29, 0.717) is 0 Å². The van der Waals surface area contributed by atoms with Gasteiger partial charge in [0.25, 0.3) is 0 Å². The van der Waals surface area contributed by atoms with Crippen LogP contribution in [0.3, 0.4) is 0 Å². The van der Waals surface area contributed by atoms with Crippen LogP contribution in [-0.4, -0.2) is 19.2 Å². The minimum Gasteiger partial charge on any atom is -0.484 e. The van der Waals surface area contributed by atoms with Gasteiger partial charge in [0.05, 0.1) is 11.7 Å². The van der Waals surface area contributed by atoms with E-state index in [0.717, 1.165) is 23.5 Å². The van der Waals surface area contributed by atoms with Crippen LogP contribution >= 0.6 is 0 Å². The number of allylic oxidation sites excluding steroid dienone is 4. The Hall–Kier alpha value is -6.58. The third-order valence-electron chi connectivity index (χ3n) is 12.7. The molecule has 6 aromatic carbocycles. The largest absolute Gasteiger partial charge is 0.484 e. The first-order valence-corrected chi connectivity index (χ1v) is 20.5. The molecular formula is C55H48N2O. The Labute approximate surface area is 342 Å². The van der Waals surface area contributed by atoms with Crippen LogP contribution in [0.4, 0.5) is 22.7 Å². The quantitative estimate of drug-likeness (QED) is 0.151. The van der Waals surface area contributed by atoms with Gasteiger partial charge in [0.1, 0.15) is 11.9 Å². The van der Waals surface area contributed by atoms with Gasteiger partial charge in [-0.3, -0.25) is 0 Å². The highest BCUT2D eigenvalue weighted by molar-refractivity contribution is 5.91. The Morgan fingerprint density at radius 1 is 0.672 bits per heavy atom. The van der Waals surface area contributed by atoms with Gasteiger partial charge in [0.15, 0.2) is 0 Å². The van der Waals surface area contributed by atoms with Crippen molar-refractivity contribution in [2.24, 2.45) is 5.41 Å². The fourth-order valence-corrected chi connectivity index (χ4v) is 9.36. The molecule has 3 atom stereocenters. The predicted molar refractivity (Wildman–Crippen MR) is 246 cm³/mol. The molecule has 3 unspecified atom stereocenters. The number of hydrogen-bond acceptors (Lipinski definition) is 3. The van der Waals surface area contributed by atoms with Crippen molar-refractivity contribution in [1.29, 1.82) is 0 Å². The van der Waals surface area contributed by atoms with Gasteiger partial charge in [-0.15, -0.1) is 0 Å². The summed E-state index contributed by atoms with van der Waals surface area (Å²) >= 11 is 0. The maximum absolute atomic E-state index is 6.47. The van der Waals surface area contributed by atoms with Crippen molar-refractivity contribution in [3.63, 3.8) is 0 Å². The van der Waals surface area contributed by atoms with Crippen LogP contribution < -0.4 is 14.5 Å². The highest BCUT2D eigenvalue weighted by Gasteiger charge is 2.38. The molecule has 10 rings (SSSR count). The van der Waals surface area contributed by atoms with Crippen LogP contribution in [0, 0.1) is 5.41 Å². The first-order valence-electron chi connectivity index (χ1n) is 20.5. The van der Waals surface area contributed by atoms with E-state index in [4.69, 9.17) is 4.74 Å². The molecule has 0 radical (unpaired) electrons. The summed E-state index contributed by atoms with van der Waals surface area (Å²) in [5.41, 5.74) is 13.4. The summed E-state index contributed by atoms with van der Waals surface area (Å²) in [5, 5.41) is 2.47. The average molecular weight is 753 g/mol. The Kier molecular flexibility index (Phi) is 8.71. The van der Waals surface area contributed by atoms with Gasteiger partial charge < -0.3 is 14.5 Å². The number of para-hydroxylation sites is 3. The maximum atomic E-state index is 6.47. The Bertz CT molecular complexity index is 2780. The van der Waals surface area contributed by atoms with Gasteiger partial charge >= 0.3 is 0 Å². The van der Waals surface area contributed by atoms with Crippen molar-refractivity contribution < 1.29 is 4.74 Å². The van der Waals surface area contributed by atoms with Gasteiger partial charge in [0, 0.05) is 41.4 Å². The lowest BCUT2D eigenvalue weighted by Gasteiger charge is -2.41. The van der Waals surface area contributed by atoms with E-state index in [-0.39, 0.29) is 23.0 Å². The lowest BCUT2D eigenvalue weighted by atomic mass is 9.78. The number of hydrogen-bond donors (Lipinski definition) is 0. The minimum absolute atomic E-state index is 0.0433.